The molecule has 121 heavy (non-hydrogen) atoms. The van der Waals surface area contributed by atoms with Gasteiger partial charge in [-0.2, -0.15) is 20.1 Å². The molecule has 5 aliphatic carbocycles. The van der Waals surface area contributed by atoms with Crippen molar-refractivity contribution in [1.82, 2.24) is 96.8 Å². The Bertz CT molecular complexity index is 5610. The Labute approximate surface area is 692 Å². The number of rotatable bonds is 21. The molecule has 0 spiro atoms. The smallest absolute Gasteiger partial charge is 0.284 e. The van der Waals surface area contributed by atoms with Crippen LogP contribution in [0.2, 0.25) is 0 Å². The lowest BCUT2D eigenvalue weighted by Gasteiger charge is -2.44. The number of morpholine rings is 1. The highest BCUT2D eigenvalue weighted by molar-refractivity contribution is 5.96. The number of aromatic amines is 1. The SMILES string of the molecule is O=C(NC1CC(C2CCOCC2)C1)c1cc(-c2ccccc2)on1.O=C(NC1CC(N2CCOCC2=O)C1)c1cc(-c2ccccc2)on1.O=C(NC1CC(n2ccnc2)C1)c1cc(-c2ccccc2)on1.O=C(NC1CC(n2ncc(=O)[nH]2)C1)c1cc(-c2ccccc2)on1.O=C(NC1CC(n2ncc(CO)n2)C1)c1cc(-c2ccccc2)on1. The molecule has 0 unspecified atom stereocenters. The van der Waals surface area contributed by atoms with E-state index in [1.165, 1.54) is 11.0 Å². The number of aliphatic hydroxyl groups excluding tert-OH is 1. The van der Waals surface area contributed by atoms with Crippen LogP contribution in [0.3, 0.4) is 0 Å². The molecular formula is C87H89N19O15. The Morgan fingerprint density at radius 3 is 1.14 bits per heavy atom. The number of H-pyrrole nitrogens is 1. The minimum Gasteiger partial charge on any atom is -0.390 e. The number of imidazole rings is 1. The lowest BCUT2D eigenvalue weighted by molar-refractivity contribution is -0.148. The first kappa shape index (κ1) is 80.9. The number of ether oxygens (including phenoxy) is 2. The van der Waals surface area contributed by atoms with E-state index in [2.05, 4.69) is 82.3 Å². The average molecular weight is 1640 g/mol. The van der Waals surface area contributed by atoms with E-state index >= 15 is 0 Å². The number of aromatic nitrogens is 13. The van der Waals surface area contributed by atoms with Crippen molar-refractivity contribution in [3.63, 3.8) is 0 Å². The van der Waals surface area contributed by atoms with Gasteiger partial charge >= 0.3 is 0 Å². The van der Waals surface area contributed by atoms with E-state index in [-0.39, 0.29) is 120 Å². The van der Waals surface area contributed by atoms with Gasteiger partial charge in [0.2, 0.25) is 5.91 Å². The van der Waals surface area contributed by atoms with Crippen LogP contribution in [0, 0.1) is 11.8 Å². The van der Waals surface area contributed by atoms with Crippen LogP contribution in [0.15, 0.2) is 241 Å². The van der Waals surface area contributed by atoms with Crippen LogP contribution in [-0.4, -0.2) is 180 Å². The zero-order valence-corrected chi connectivity index (χ0v) is 65.8. The molecule has 5 saturated carbocycles. The molecule has 10 heterocycles. The van der Waals surface area contributed by atoms with E-state index in [1.54, 1.807) is 47.5 Å². The summed E-state index contributed by atoms with van der Waals surface area (Å²) in [6.07, 6.45) is 19.1. The Morgan fingerprint density at radius 2 is 0.793 bits per heavy atom. The first-order valence-corrected chi connectivity index (χ1v) is 40.4. The molecule has 34 heteroatoms. The van der Waals surface area contributed by atoms with Gasteiger partial charge in [-0.15, -0.1) is 0 Å². The number of nitrogens with zero attached hydrogens (tertiary/aromatic N) is 13. The van der Waals surface area contributed by atoms with Gasteiger partial charge in [0.25, 0.3) is 35.1 Å². The van der Waals surface area contributed by atoms with Crippen LogP contribution in [-0.2, 0) is 20.9 Å². The number of benzene rings is 5. The molecule has 622 valence electrons. The van der Waals surface area contributed by atoms with Crippen LogP contribution in [0.1, 0.15) is 153 Å². The molecule has 6 amide bonds. The lowest BCUT2D eigenvalue weighted by atomic mass is 9.70. The number of carbonyl (C=O) groups is 6. The summed E-state index contributed by atoms with van der Waals surface area (Å²) in [6, 6.07) is 57.6. The standard InChI is InChI=1S/C19H22N2O3.C18H19N3O4.C17H17N5O3.C17H16N4O2.C16H15N5O3/c22-19(17-12-18(24-21-17)14-4-2-1-3-5-14)20-16-10-15(11-16)13-6-8-23-9-7-13;22-17-11-24-7-6-21(17)14-8-13(9-14)19-18(23)15-10-16(25-20-15)12-4-2-1-3-5-12;23-10-13-9-18-22(20-13)14-6-12(7-14)19-17(24)15-8-16(25-21-15)11-4-2-1-3-5-11;22-17(19-13-8-14(9-13)21-7-6-18-11-21)15-10-16(23-20-15)12-4-2-1-3-5-12;22-15-9-17-21(19-15)12-6-11(7-12)18-16(23)13-8-14(24-20-13)10-4-2-1-3-5-10/h1-5,12-13,15-16H,6-11H2,(H,20,22);1-5,10,13-14H,6-9,11H2,(H,19,23);1-5,8-9,12,14,23H,6-7,10H2,(H,19,24);1-7,10-11,13-14H,8-9H2,(H,19,22);1-5,8-9,11-12H,6-7H2,(H,18,23)(H,19,22). The van der Waals surface area contributed by atoms with Crippen molar-refractivity contribution in [2.75, 3.05) is 33.0 Å². The maximum Gasteiger partial charge on any atom is 0.284 e. The highest BCUT2D eigenvalue weighted by Gasteiger charge is 2.41. The van der Waals surface area contributed by atoms with Crippen LogP contribution < -0.4 is 32.1 Å². The van der Waals surface area contributed by atoms with E-state index in [0.29, 0.717) is 77.9 Å². The minimum absolute atomic E-state index is 0.0324. The van der Waals surface area contributed by atoms with Crippen LogP contribution in [0.5, 0.6) is 0 Å². The molecule has 2 aliphatic heterocycles. The second-order valence-corrected chi connectivity index (χ2v) is 30.8. The molecule has 7 N–H and O–H groups in total. The third-order valence-electron chi connectivity index (χ3n) is 22.6. The molecule has 34 nitrogen and oxygen atoms in total. The van der Waals surface area contributed by atoms with Crippen molar-refractivity contribution in [2.24, 2.45) is 11.8 Å². The van der Waals surface area contributed by atoms with Gasteiger partial charge in [0.1, 0.15) is 18.5 Å². The summed E-state index contributed by atoms with van der Waals surface area (Å²) < 4.78 is 38.9. The van der Waals surface area contributed by atoms with Crippen molar-refractivity contribution in [3.8, 4) is 56.6 Å². The summed E-state index contributed by atoms with van der Waals surface area (Å²) in [4.78, 5) is 93.3. The van der Waals surface area contributed by atoms with Gasteiger partial charge in [0, 0.05) is 133 Å². The average Bonchev–Trinajstić information content (AvgIpc) is 1.77. The molecule has 7 aliphatic rings. The second kappa shape index (κ2) is 38.3. The van der Waals surface area contributed by atoms with Gasteiger partial charge in [-0.1, -0.05) is 177 Å². The first-order valence-electron chi connectivity index (χ1n) is 40.4. The van der Waals surface area contributed by atoms with Crippen molar-refractivity contribution in [1.29, 1.82) is 0 Å². The number of carbonyl (C=O) groups excluding carboxylic acids is 6. The van der Waals surface area contributed by atoms with Crippen LogP contribution >= 0.6 is 0 Å². The van der Waals surface area contributed by atoms with Gasteiger partial charge in [-0.3, -0.25) is 33.6 Å². The molecule has 5 aromatic carbocycles. The Hall–Kier alpha value is -13.9. The van der Waals surface area contributed by atoms with E-state index < -0.39 is 0 Å². The second-order valence-electron chi connectivity index (χ2n) is 30.8. The fraction of sp³-hybridized carbons (Fsp3) is 0.333. The third-order valence-corrected chi connectivity index (χ3v) is 22.6. The van der Waals surface area contributed by atoms with Crippen LogP contribution in [0.4, 0.5) is 0 Å². The Kier molecular flexibility index (Phi) is 25.6. The number of hydrogen-bond acceptors (Lipinski definition) is 24. The summed E-state index contributed by atoms with van der Waals surface area (Å²) in [7, 11) is 0. The molecule has 2 saturated heterocycles. The third kappa shape index (κ3) is 20.5. The van der Waals surface area contributed by atoms with E-state index in [1.807, 2.05) is 169 Å². The topological polar surface area (TPSA) is 434 Å². The highest BCUT2D eigenvalue weighted by Crippen LogP contribution is 2.40. The molecule has 0 bridgehead atoms. The van der Waals surface area contributed by atoms with Gasteiger partial charge in [0.05, 0.1) is 37.8 Å². The zero-order valence-electron chi connectivity index (χ0n) is 65.8. The van der Waals surface area contributed by atoms with Crippen molar-refractivity contribution in [3.05, 3.63) is 258 Å². The van der Waals surface area contributed by atoms with Gasteiger partial charge in [0.15, 0.2) is 57.3 Å². The fourth-order valence-corrected chi connectivity index (χ4v) is 15.4. The molecule has 0 radical (unpaired) electrons. The predicted molar refractivity (Wildman–Crippen MR) is 434 cm³/mol. The van der Waals surface area contributed by atoms with E-state index in [0.717, 1.165) is 117 Å². The van der Waals surface area contributed by atoms with Crippen molar-refractivity contribution in [2.45, 2.75) is 138 Å². The van der Waals surface area contributed by atoms with E-state index in [4.69, 9.17) is 37.2 Å². The number of aliphatic hydroxyl groups is 1. The predicted octanol–water partition coefficient (Wildman–Crippen LogP) is 10.3. The monoisotopic (exact) mass is 1640 g/mol. The van der Waals surface area contributed by atoms with E-state index in [9.17, 15) is 33.6 Å². The lowest BCUT2D eigenvalue weighted by Crippen LogP contribution is -2.58. The normalized spacial score (nSPS) is 21.3. The summed E-state index contributed by atoms with van der Waals surface area (Å²) in [6.45, 7) is 3.03. The summed E-state index contributed by atoms with van der Waals surface area (Å²) >= 11 is 0. The summed E-state index contributed by atoms with van der Waals surface area (Å²) in [5, 5.41) is 58.1. The molecule has 13 aromatic rings. The maximum absolute atomic E-state index is 12.3. The van der Waals surface area contributed by atoms with Gasteiger partial charge in [-0.05, 0) is 88.9 Å². The Morgan fingerprint density at radius 1 is 0.421 bits per heavy atom. The molecule has 8 aromatic heterocycles. The molecule has 0 atom stereocenters. The Balaban J connectivity index is 0.000000112. The maximum atomic E-state index is 12.3. The van der Waals surface area contributed by atoms with Gasteiger partial charge < -0.3 is 73.2 Å². The fourth-order valence-electron chi connectivity index (χ4n) is 15.4. The number of hydrogen-bond donors (Lipinski definition) is 7. The molecule has 20 rings (SSSR count). The van der Waals surface area contributed by atoms with Gasteiger partial charge in [-0.25, -0.2) is 14.9 Å². The van der Waals surface area contributed by atoms with Crippen molar-refractivity contribution >= 4 is 35.4 Å². The quantitative estimate of drug-likeness (QED) is 0.0351. The molecule has 7 fully saturated rings. The minimum atomic E-state index is -0.265. The largest absolute Gasteiger partial charge is 0.390 e. The highest BCUT2D eigenvalue weighted by atomic mass is 16.5. The number of nitrogens with one attached hydrogen (secondary N) is 6. The zero-order chi connectivity index (χ0) is 83.0. The van der Waals surface area contributed by atoms with Crippen LogP contribution in [0.25, 0.3) is 56.6 Å². The molecular weight excluding hydrogens is 1550 g/mol. The number of amides is 6. The van der Waals surface area contributed by atoms with Crippen molar-refractivity contribution < 1.29 is 66.0 Å². The first-order chi connectivity index (χ1) is 59.2. The summed E-state index contributed by atoms with van der Waals surface area (Å²) in [5.41, 5.74) is 6.23. The summed E-state index contributed by atoms with van der Waals surface area (Å²) in [5.74, 6) is 3.34.